The van der Waals surface area contributed by atoms with Gasteiger partial charge in [0, 0.05) is 17.8 Å². The van der Waals surface area contributed by atoms with Crippen molar-refractivity contribution in [2.45, 2.75) is 6.18 Å². The number of alkyl halides is 3. The fourth-order valence-corrected chi connectivity index (χ4v) is 1.44. The number of nitrogens with one attached hydrogen (secondary N) is 2. The maximum atomic E-state index is 13.0. The molecule has 10 heteroatoms. The second-order valence-corrected chi connectivity index (χ2v) is 3.86. The molecule has 0 spiro atoms. The van der Waals surface area contributed by atoms with Crippen molar-refractivity contribution in [2.75, 3.05) is 10.7 Å². The summed E-state index contributed by atoms with van der Waals surface area (Å²) >= 11 is 0. The standard InChI is InChI=1S/C11H8F5N5/c12-6-2-1-5(3-7(6)13)18-9-4-8(11(14,15)16)19-10(20-9)21-17/h1-4H,17H2,(H2,18,19,20,21). The molecule has 21 heavy (non-hydrogen) atoms. The molecular formula is C11H8F5N5. The van der Waals surface area contributed by atoms with Crippen LogP contribution >= 0.6 is 0 Å². The number of benzene rings is 1. The van der Waals surface area contributed by atoms with Crippen LogP contribution in [0.1, 0.15) is 5.69 Å². The summed E-state index contributed by atoms with van der Waals surface area (Å²) in [6, 6.07) is 3.36. The maximum Gasteiger partial charge on any atom is 0.433 e. The van der Waals surface area contributed by atoms with Gasteiger partial charge in [0.25, 0.3) is 0 Å². The van der Waals surface area contributed by atoms with Gasteiger partial charge in [-0.15, -0.1) is 0 Å². The molecule has 1 aromatic heterocycles. The Labute approximate surface area is 115 Å². The van der Waals surface area contributed by atoms with Crippen LogP contribution in [0.5, 0.6) is 0 Å². The van der Waals surface area contributed by atoms with Gasteiger partial charge in [-0.05, 0) is 12.1 Å². The number of halogens is 5. The second-order valence-electron chi connectivity index (χ2n) is 3.86. The number of nitrogens with two attached hydrogens (primary N) is 1. The van der Waals surface area contributed by atoms with E-state index in [1.807, 2.05) is 5.43 Å². The van der Waals surface area contributed by atoms with Crippen LogP contribution in [0.15, 0.2) is 24.3 Å². The van der Waals surface area contributed by atoms with E-state index in [4.69, 9.17) is 5.84 Å². The molecule has 1 heterocycles. The van der Waals surface area contributed by atoms with E-state index >= 15 is 0 Å². The Morgan fingerprint density at radius 3 is 2.29 bits per heavy atom. The van der Waals surface area contributed by atoms with E-state index in [-0.39, 0.29) is 11.5 Å². The first kappa shape index (κ1) is 14.9. The summed E-state index contributed by atoms with van der Waals surface area (Å²) < 4.78 is 63.7. The highest BCUT2D eigenvalue weighted by atomic mass is 19.4. The summed E-state index contributed by atoms with van der Waals surface area (Å²) in [7, 11) is 0. The molecule has 2 aromatic rings. The van der Waals surface area contributed by atoms with Gasteiger partial charge < -0.3 is 5.32 Å². The molecule has 0 bridgehead atoms. The molecule has 0 aliphatic heterocycles. The molecule has 0 unspecified atom stereocenters. The fourth-order valence-electron chi connectivity index (χ4n) is 1.44. The summed E-state index contributed by atoms with van der Waals surface area (Å²) in [6.45, 7) is 0. The Morgan fingerprint density at radius 1 is 1.00 bits per heavy atom. The summed E-state index contributed by atoms with van der Waals surface area (Å²) in [5, 5.41) is 2.41. The normalized spacial score (nSPS) is 11.3. The van der Waals surface area contributed by atoms with E-state index in [9.17, 15) is 22.0 Å². The molecular weight excluding hydrogens is 297 g/mol. The number of hydrazine groups is 1. The zero-order valence-electron chi connectivity index (χ0n) is 10.2. The van der Waals surface area contributed by atoms with Gasteiger partial charge in [0.2, 0.25) is 5.95 Å². The van der Waals surface area contributed by atoms with Crippen LogP contribution in [0, 0.1) is 11.6 Å². The first-order valence-corrected chi connectivity index (χ1v) is 5.44. The van der Waals surface area contributed by atoms with E-state index in [1.54, 1.807) is 0 Å². The van der Waals surface area contributed by atoms with Gasteiger partial charge in [0.05, 0.1) is 0 Å². The minimum Gasteiger partial charge on any atom is -0.340 e. The Kier molecular flexibility index (Phi) is 3.89. The van der Waals surface area contributed by atoms with Gasteiger partial charge in [0.1, 0.15) is 5.82 Å². The third-order valence-electron chi connectivity index (χ3n) is 2.34. The minimum atomic E-state index is -4.71. The van der Waals surface area contributed by atoms with E-state index in [2.05, 4.69) is 15.3 Å². The van der Waals surface area contributed by atoms with E-state index < -0.39 is 29.5 Å². The van der Waals surface area contributed by atoms with Crippen LogP contribution in [-0.4, -0.2) is 9.97 Å². The maximum absolute atomic E-state index is 13.0. The molecule has 0 aliphatic rings. The Bertz CT molecular complexity index is 658. The Hall–Kier alpha value is -2.49. The summed E-state index contributed by atoms with van der Waals surface area (Å²) in [6.07, 6.45) is -4.71. The molecule has 5 nitrogen and oxygen atoms in total. The number of rotatable bonds is 3. The van der Waals surface area contributed by atoms with Crippen LogP contribution in [0.2, 0.25) is 0 Å². The first-order valence-electron chi connectivity index (χ1n) is 5.44. The number of hydrogen-bond donors (Lipinski definition) is 3. The van der Waals surface area contributed by atoms with E-state index in [0.29, 0.717) is 6.07 Å². The van der Waals surface area contributed by atoms with Crippen molar-refractivity contribution in [2.24, 2.45) is 5.84 Å². The second kappa shape index (κ2) is 5.48. The van der Waals surface area contributed by atoms with Crippen LogP contribution in [0.3, 0.4) is 0 Å². The SMILES string of the molecule is NNc1nc(Nc2ccc(F)c(F)c2)cc(C(F)(F)F)n1. The molecule has 0 saturated carbocycles. The highest BCUT2D eigenvalue weighted by Crippen LogP contribution is 2.30. The minimum absolute atomic E-state index is 0.0173. The topological polar surface area (TPSA) is 75.9 Å². The van der Waals surface area contributed by atoms with Gasteiger partial charge in [-0.3, -0.25) is 5.43 Å². The Balaban J connectivity index is 2.36. The molecule has 2 rings (SSSR count). The average Bonchev–Trinajstić information content (AvgIpc) is 2.41. The smallest absolute Gasteiger partial charge is 0.340 e. The highest BCUT2D eigenvalue weighted by Gasteiger charge is 2.33. The summed E-state index contributed by atoms with van der Waals surface area (Å²) in [4.78, 5) is 6.79. The number of anilines is 3. The first-order chi connectivity index (χ1) is 9.79. The van der Waals surface area contributed by atoms with Crippen molar-refractivity contribution in [3.63, 3.8) is 0 Å². The highest BCUT2D eigenvalue weighted by molar-refractivity contribution is 5.57. The zero-order chi connectivity index (χ0) is 15.6. The van der Waals surface area contributed by atoms with Crippen LogP contribution < -0.4 is 16.6 Å². The number of aromatic nitrogens is 2. The van der Waals surface area contributed by atoms with E-state index in [1.165, 1.54) is 0 Å². The van der Waals surface area contributed by atoms with Gasteiger partial charge in [-0.2, -0.15) is 18.2 Å². The van der Waals surface area contributed by atoms with Crippen LogP contribution in [0.4, 0.5) is 39.4 Å². The average molecular weight is 305 g/mol. The lowest BCUT2D eigenvalue weighted by Gasteiger charge is -2.11. The molecule has 0 amide bonds. The predicted molar refractivity (Wildman–Crippen MR) is 64.5 cm³/mol. The lowest BCUT2D eigenvalue weighted by Crippen LogP contribution is -2.16. The predicted octanol–water partition coefficient (Wildman–Crippen LogP) is 2.80. The number of hydrogen-bond acceptors (Lipinski definition) is 5. The van der Waals surface area contributed by atoms with Gasteiger partial charge in [0.15, 0.2) is 17.3 Å². The molecule has 0 fully saturated rings. The molecule has 112 valence electrons. The van der Waals surface area contributed by atoms with Gasteiger partial charge >= 0.3 is 6.18 Å². The van der Waals surface area contributed by atoms with Crippen molar-refractivity contribution in [1.82, 2.24) is 9.97 Å². The van der Waals surface area contributed by atoms with Crippen LogP contribution in [0.25, 0.3) is 0 Å². The van der Waals surface area contributed by atoms with Crippen molar-refractivity contribution in [3.8, 4) is 0 Å². The Morgan fingerprint density at radius 2 is 1.71 bits per heavy atom. The van der Waals surface area contributed by atoms with Gasteiger partial charge in [-0.1, -0.05) is 0 Å². The molecule has 0 saturated heterocycles. The molecule has 0 atom stereocenters. The van der Waals surface area contributed by atoms with Crippen molar-refractivity contribution in [1.29, 1.82) is 0 Å². The number of nitrogen functional groups attached to an aromatic ring is 1. The van der Waals surface area contributed by atoms with Crippen molar-refractivity contribution < 1.29 is 22.0 Å². The quantitative estimate of drug-likeness (QED) is 0.462. The molecule has 4 N–H and O–H groups in total. The third-order valence-corrected chi connectivity index (χ3v) is 2.34. The monoisotopic (exact) mass is 305 g/mol. The largest absolute Gasteiger partial charge is 0.433 e. The zero-order valence-corrected chi connectivity index (χ0v) is 10.2. The van der Waals surface area contributed by atoms with Crippen molar-refractivity contribution in [3.05, 3.63) is 41.6 Å². The molecule has 0 aliphatic carbocycles. The summed E-state index contributed by atoms with van der Waals surface area (Å²) in [5.41, 5.74) is 0.667. The van der Waals surface area contributed by atoms with Gasteiger partial charge in [-0.25, -0.2) is 19.6 Å². The third kappa shape index (κ3) is 3.54. The van der Waals surface area contributed by atoms with Crippen LogP contribution in [-0.2, 0) is 6.18 Å². The summed E-state index contributed by atoms with van der Waals surface area (Å²) in [5.74, 6) is 2.00. The van der Waals surface area contributed by atoms with E-state index in [0.717, 1.165) is 18.2 Å². The number of nitrogens with zero attached hydrogens (tertiary/aromatic N) is 2. The lowest BCUT2D eigenvalue weighted by molar-refractivity contribution is -0.141. The van der Waals surface area contributed by atoms with Crippen molar-refractivity contribution >= 4 is 17.5 Å². The molecule has 0 radical (unpaired) electrons. The molecule has 1 aromatic carbocycles. The lowest BCUT2D eigenvalue weighted by atomic mass is 10.3. The fraction of sp³-hybridized carbons (Fsp3) is 0.0909.